The summed E-state index contributed by atoms with van der Waals surface area (Å²) in [5.74, 6) is 1.71. The molecule has 0 saturated heterocycles. The minimum absolute atomic E-state index is 0.258. The van der Waals surface area contributed by atoms with Crippen molar-refractivity contribution >= 4 is 23.1 Å². The molecule has 0 atom stereocenters. The van der Waals surface area contributed by atoms with Crippen molar-refractivity contribution in [1.29, 1.82) is 0 Å². The molecule has 0 spiro atoms. The maximum atomic E-state index is 12.1. The molecule has 3 heterocycles. The normalized spacial score (nSPS) is 10.5. The fraction of sp³-hybridized carbons (Fsp3) is 0.0526. The average molecular weight is 372 g/mol. The van der Waals surface area contributed by atoms with Gasteiger partial charge in [0.25, 0.3) is 5.91 Å². The van der Waals surface area contributed by atoms with Crippen LogP contribution in [0.25, 0.3) is 5.82 Å². The molecule has 0 unspecified atom stereocenters. The highest BCUT2D eigenvalue weighted by atomic mass is 16.1. The number of carbonyl (C=O) groups is 1. The van der Waals surface area contributed by atoms with Crippen molar-refractivity contribution in [3.63, 3.8) is 0 Å². The molecule has 0 aliphatic rings. The molecule has 1 aromatic carbocycles. The van der Waals surface area contributed by atoms with Crippen molar-refractivity contribution in [1.82, 2.24) is 29.5 Å². The molecule has 28 heavy (non-hydrogen) atoms. The molecular weight excluding hydrogens is 356 g/mol. The zero-order chi connectivity index (χ0) is 19.3. The molecule has 1 amide bonds. The van der Waals surface area contributed by atoms with Gasteiger partial charge >= 0.3 is 0 Å². The van der Waals surface area contributed by atoms with Crippen LogP contribution in [0.1, 0.15) is 16.3 Å². The van der Waals surface area contributed by atoms with Gasteiger partial charge in [0.2, 0.25) is 0 Å². The van der Waals surface area contributed by atoms with Crippen LogP contribution in [0.2, 0.25) is 0 Å². The molecule has 0 fully saturated rings. The van der Waals surface area contributed by atoms with E-state index < -0.39 is 0 Å². The summed E-state index contributed by atoms with van der Waals surface area (Å²) < 4.78 is 1.81. The predicted octanol–water partition coefficient (Wildman–Crippen LogP) is 2.76. The van der Waals surface area contributed by atoms with E-state index in [9.17, 15) is 4.79 Å². The van der Waals surface area contributed by atoms with Gasteiger partial charge in [-0.3, -0.25) is 14.3 Å². The Bertz CT molecular complexity index is 1080. The summed E-state index contributed by atoms with van der Waals surface area (Å²) in [4.78, 5) is 32.8. The van der Waals surface area contributed by atoms with Gasteiger partial charge in [-0.15, -0.1) is 0 Å². The molecule has 138 valence electrons. The zero-order valence-electron chi connectivity index (χ0n) is 14.9. The fourth-order valence-electron chi connectivity index (χ4n) is 2.54. The maximum Gasteiger partial charge on any atom is 0.275 e. The highest BCUT2D eigenvalue weighted by molar-refractivity contribution is 6.02. The number of benzene rings is 1. The van der Waals surface area contributed by atoms with Gasteiger partial charge in [-0.2, -0.15) is 0 Å². The van der Waals surface area contributed by atoms with E-state index in [1.165, 1.54) is 18.6 Å². The van der Waals surface area contributed by atoms with E-state index in [1.54, 1.807) is 24.7 Å². The van der Waals surface area contributed by atoms with Gasteiger partial charge in [0.15, 0.2) is 0 Å². The number of nitrogens with one attached hydrogen (secondary N) is 2. The van der Waals surface area contributed by atoms with Gasteiger partial charge in [-0.25, -0.2) is 19.9 Å². The summed E-state index contributed by atoms with van der Waals surface area (Å²) in [6.45, 7) is 1.83. The summed E-state index contributed by atoms with van der Waals surface area (Å²) in [6.07, 6.45) is 9.60. The lowest BCUT2D eigenvalue weighted by Crippen LogP contribution is -2.13. The first-order valence-corrected chi connectivity index (χ1v) is 8.46. The number of hydrogen-bond acceptors (Lipinski definition) is 7. The maximum absolute atomic E-state index is 12.1. The third kappa shape index (κ3) is 3.98. The minimum Gasteiger partial charge on any atom is -0.340 e. The second-order valence-electron chi connectivity index (χ2n) is 5.88. The third-order valence-corrected chi connectivity index (χ3v) is 3.80. The van der Waals surface area contributed by atoms with E-state index in [1.807, 2.05) is 35.9 Å². The van der Waals surface area contributed by atoms with Gasteiger partial charge in [-0.1, -0.05) is 0 Å². The number of aromatic nitrogens is 6. The quantitative estimate of drug-likeness (QED) is 0.554. The highest BCUT2D eigenvalue weighted by Gasteiger charge is 2.08. The van der Waals surface area contributed by atoms with Gasteiger partial charge < -0.3 is 10.6 Å². The van der Waals surface area contributed by atoms with Crippen LogP contribution in [0.15, 0.2) is 67.6 Å². The molecule has 0 saturated carbocycles. The van der Waals surface area contributed by atoms with Crippen molar-refractivity contribution in [2.24, 2.45) is 0 Å². The Morgan fingerprint density at radius 3 is 2.54 bits per heavy atom. The molecule has 2 N–H and O–H groups in total. The minimum atomic E-state index is -0.315. The largest absolute Gasteiger partial charge is 0.340 e. The van der Waals surface area contributed by atoms with Crippen LogP contribution < -0.4 is 10.6 Å². The lowest BCUT2D eigenvalue weighted by atomic mass is 10.2. The van der Waals surface area contributed by atoms with Crippen LogP contribution >= 0.6 is 0 Å². The molecule has 0 aliphatic heterocycles. The molecule has 4 aromatic rings. The Hall–Kier alpha value is -4.14. The van der Waals surface area contributed by atoms with E-state index in [2.05, 4.69) is 35.6 Å². The van der Waals surface area contributed by atoms with Gasteiger partial charge in [0.05, 0.1) is 6.20 Å². The van der Waals surface area contributed by atoms with Crippen LogP contribution in [0.3, 0.4) is 0 Å². The first-order valence-electron chi connectivity index (χ1n) is 8.46. The third-order valence-electron chi connectivity index (χ3n) is 3.80. The van der Waals surface area contributed by atoms with Gasteiger partial charge in [-0.05, 0) is 31.2 Å². The molecular formula is C19H16N8O. The van der Waals surface area contributed by atoms with Crippen LogP contribution in [0, 0.1) is 6.92 Å². The molecule has 9 heteroatoms. The summed E-state index contributed by atoms with van der Waals surface area (Å²) in [5.41, 5.74) is 1.74. The number of amides is 1. The molecule has 9 nitrogen and oxygen atoms in total. The van der Waals surface area contributed by atoms with Crippen molar-refractivity contribution in [2.75, 3.05) is 10.6 Å². The number of nitrogens with zero attached hydrogens (tertiary/aromatic N) is 6. The molecule has 0 aliphatic carbocycles. The number of imidazole rings is 1. The molecule has 0 bridgehead atoms. The monoisotopic (exact) mass is 372 g/mol. The predicted molar refractivity (Wildman–Crippen MR) is 104 cm³/mol. The molecule has 3 aromatic heterocycles. The van der Waals surface area contributed by atoms with E-state index in [0.717, 1.165) is 11.5 Å². The highest BCUT2D eigenvalue weighted by Crippen LogP contribution is 2.19. The first kappa shape index (κ1) is 17.3. The van der Waals surface area contributed by atoms with E-state index in [0.29, 0.717) is 17.3 Å². The second-order valence-corrected chi connectivity index (χ2v) is 5.88. The Morgan fingerprint density at radius 2 is 1.82 bits per heavy atom. The molecule has 0 radical (unpaired) electrons. The van der Waals surface area contributed by atoms with Crippen LogP contribution in [0.5, 0.6) is 0 Å². The van der Waals surface area contributed by atoms with Crippen molar-refractivity contribution < 1.29 is 4.79 Å². The van der Waals surface area contributed by atoms with Gasteiger partial charge in [0, 0.05) is 42.2 Å². The fourth-order valence-corrected chi connectivity index (χ4v) is 2.54. The van der Waals surface area contributed by atoms with Crippen molar-refractivity contribution in [3.05, 3.63) is 79.2 Å². The smallest absolute Gasteiger partial charge is 0.275 e. The number of aryl methyl sites for hydroxylation is 1. The number of carbonyl (C=O) groups excluding carboxylic acids is 1. The summed E-state index contributed by atoms with van der Waals surface area (Å²) >= 11 is 0. The standard InChI is InChI=1S/C19H16N8O/c1-13-23-17(10-18(24-13)27-9-8-21-12-27)25-14-2-4-15(5-3-14)26-19(28)16-11-20-6-7-22-16/h2-12H,1H3,(H,26,28)(H,23,24,25). The number of hydrogen-bond donors (Lipinski definition) is 2. The lowest BCUT2D eigenvalue weighted by Gasteiger charge is -2.10. The summed E-state index contributed by atoms with van der Waals surface area (Å²) in [5, 5.41) is 6.02. The van der Waals surface area contributed by atoms with E-state index in [4.69, 9.17) is 0 Å². The zero-order valence-corrected chi connectivity index (χ0v) is 14.9. The van der Waals surface area contributed by atoms with Crippen molar-refractivity contribution in [3.8, 4) is 5.82 Å². The first-order chi connectivity index (χ1) is 13.7. The van der Waals surface area contributed by atoms with Crippen LogP contribution in [-0.4, -0.2) is 35.4 Å². The van der Waals surface area contributed by atoms with Crippen LogP contribution in [0.4, 0.5) is 17.2 Å². The van der Waals surface area contributed by atoms with Crippen LogP contribution in [-0.2, 0) is 0 Å². The lowest BCUT2D eigenvalue weighted by molar-refractivity contribution is 0.102. The molecule has 4 rings (SSSR count). The van der Waals surface area contributed by atoms with Crippen molar-refractivity contribution in [2.45, 2.75) is 6.92 Å². The summed E-state index contributed by atoms with van der Waals surface area (Å²) in [7, 11) is 0. The number of anilines is 3. The number of rotatable bonds is 5. The Balaban J connectivity index is 1.47. The topological polar surface area (TPSA) is 111 Å². The Morgan fingerprint density at radius 1 is 1.00 bits per heavy atom. The summed E-state index contributed by atoms with van der Waals surface area (Å²) in [6, 6.07) is 9.11. The van der Waals surface area contributed by atoms with E-state index >= 15 is 0 Å². The SMILES string of the molecule is Cc1nc(Nc2ccc(NC(=O)c3cnccn3)cc2)cc(-n2ccnc2)n1. The second kappa shape index (κ2) is 7.62. The Kier molecular flexibility index (Phi) is 4.70. The van der Waals surface area contributed by atoms with Gasteiger partial charge in [0.1, 0.15) is 29.5 Å². The average Bonchev–Trinajstić information content (AvgIpc) is 3.25. The Labute approximate surface area is 160 Å². The van der Waals surface area contributed by atoms with E-state index in [-0.39, 0.29) is 11.6 Å².